The molecule has 0 spiro atoms. The Hall–Kier alpha value is -3.62. The van der Waals surface area contributed by atoms with Gasteiger partial charge in [0.2, 0.25) is 0 Å². The first-order valence-electron chi connectivity index (χ1n) is 11.2. The third kappa shape index (κ3) is 5.08. The van der Waals surface area contributed by atoms with Gasteiger partial charge < -0.3 is 10.1 Å². The van der Waals surface area contributed by atoms with Crippen LogP contribution in [-0.2, 0) is 24.2 Å². The number of carboxylic acid groups (broad SMARTS) is 1. The fraction of sp³-hybridized carbons (Fsp3) is 0.375. The van der Waals surface area contributed by atoms with Crippen molar-refractivity contribution in [2.24, 2.45) is 5.92 Å². The van der Waals surface area contributed by atoms with Gasteiger partial charge in [-0.05, 0) is 72.4 Å². The van der Waals surface area contributed by atoms with Crippen LogP contribution in [0.2, 0.25) is 0 Å². The van der Waals surface area contributed by atoms with Crippen molar-refractivity contribution in [3.63, 3.8) is 0 Å². The predicted molar refractivity (Wildman–Crippen MR) is 118 cm³/mol. The van der Waals surface area contributed by atoms with Crippen LogP contribution in [0.25, 0.3) is 5.57 Å². The number of allylic oxidation sites excluding steroid dienone is 1. The molecule has 1 aromatic carbocycles. The van der Waals surface area contributed by atoms with Gasteiger partial charge in [-0.3, -0.25) is 9.59 Å². The topological polar surface area (TPSA) is 114 Å². The number of aliphatic carboxylic acids is 1. The minimum absolute atomic E-state index is 0.0581. The van der Waals surface area contributed by atoms with Gasteiger partial charge in [-0.15, -0.1) is 10.2 Å². The number of hydrogen-bond acceptors (Lipinski definition) is 5. The molecule has 0 amide bonds. The number of carbonyl (C=O) groups is 1. The van der Waals surface area contributed by atoms with Gasteiger partial charge in [0.1, 0.15) is 5.82 Å². The number of hydrogen-bond donors (Lipinski definition) is 2. The molecule has 2 aliphatic rings. The lowest BCUT2D eigenvalue weighted by atomic mass is 9.97. The fourth-order valence-corrected chi connectivity index (χ4v) is 3.93. The number of rotatable bonds is 9. The number of carboxylic acids is 1. The number of aryl methyl sites for hydroxylation is 2. The summed E-state index contributed by atoms with van der Waals surface area (Å²) in [5.74, 6) is -0.213. The van der Waals surface area contributed by atoms with Gasteiger partial charge in [0, 0.05) is 23.3 Å². The first-order valence-corrected chi connectivity index (χ1v) is 11.2. The molecular weight excluding hydrogens is 425 g/mol. The zero-order valence-electron chi connectivity index (χ0n) is 18.0. The molecule has 2 fully saturated rings. The molecule has 0 atom stereocenters. The number of aromatic amines is 1. The van der Waals surface area contributed by atoms with Crippen molar-refractivity contribution in [3.8, 4) is 0 Å². The summed E-state index contributed by atoms with van der Waals surface area (Å²) in [5.41, 5.74) is 3.57. The van der Waals surface area contributed by atoms with Gasteiger partial charge in [-0.2, -0.15) is 4.80 Å². The molecule has 0 aliphatic heterocycles. The lowest BCUT2D eigenvalue weighted by Gasteiger charge is -2.11. The van der Waals surface area contributed by atoms with Crippen molar-refractivity contribution in [3.05, 3.63) is 80.8 Å². The van der Waals surface area contributed by atoms with Crippen LogP contribution in [0, 0.1) is 11.7 Å². The second kappa shape index (κ2) is 8.73. The number of H-pyrrole nitrogens is 1. The second-order valence-corrected chi connectivity index (χ2v) is 8.78. The van der Waals surface area contributed by atoms with Crippen molar-refractivity contribution in [1.82, 2.24) is 25.2 Å². The van der Waals surface area contributed by atoms with Crippen LogP contribution in [0.1, 0.15) is 59.8 Å². The Morgan fingerprint density at radius 3 is 2.67 bits per heavy atom. The molecule has 8 nitrogen and oxygen atoms in total. The van der Waals surface area contributed by atoms with E-state index in [0.29, 0.717) is 41.8 Å². The van der Waals surface area contributed by atoms with Crippen LogP contribution in [0.15, 0.2) is 41.2 Å². The van der Waals surface area contributed by atoms with E-state index < -0.39 is 5.97 Å². The van der Waals surface area contributed by atoms with Crippen LogP contribution in [-0.4, -0.2) is 36.3 Å². The van der Waals surface area contributed by atoms with Gasteiger partial charge in [-0.1, -0.05) is 24.3 Å². The average Bonchev–Trinajstić information content (AvgIpc) is 3.70. The number of benzene rings is 1. The molecule has 2 aromatic heterocycles. The quantitative estimate of drug-likeness (QED) is 0.519. The number of aromatic nitrogens is 5. The van der Waals surface area contributed by atoms with Gasteiger partial charge in [0.15, 0.2) is 12.4 Å². The first-order chi connectivity index (χ1) is 16.0. The van der Waals surface area contributed by atoms with Gasteiger partial charge in [0.05, 0.1) is 0 Å². The van der Waals surface area contributed by atoms with Crippen LogP contribution in [0.3, 0.4) is 0 Å². The number of halogens is 1. The maximum atomic E-state index is 15.0. The standard InChI is InChI=1S/C24H24FN5O3/c25-20-12-17(6-5-16(20)7-10-22-27-29-30(28-22)13-23(31)32)19(11-14-1-2-14)21-9-8-18(15-3-4-15)24(33)26-21/h5-6,8-9,11-12,14-15H,1-4,7,10,13H2,(H,26,33)(H,31,32)/b19-11+. The zero-order valence-corrected chi connectivity index (χ0v) is 18.0. The second-order valence-electron chi connectivity index (χ2n) is 8.78. The maximum absolute atomic E-state index is 15.0. The number of nitrogens with zero attached hydrogens (tertiary/aromatic N) is 4. The Labute approximate surface area is 189 Å². The summed E-state index contributed by atoms with van der Waals surface area (Å²) in [6.07, 6.45) is 7.15. The zero-order chi connectivity index (χ0) is 22.9. The van der Waals surface area contributed by atoms with Crippen LogP contribution in [0.5, 0.6) is 0 Å². The van der Waals surface area contributed by atoms with E-state index >= 15 is 0 Å². The Balaban J connectivity index is 1.35. The Morgan fingerprint density at radius 2 is 2.00 bits per heavy atom. The van der Waals surface area contributed by atoms with Crippen molar-refractivity contribution in [2.75, 3.05) is 0 Å². The smallest absolute Gasteiger partial charge is 0.327 e. The number of tetrazole rings is 1. The molecule has 0 unspecified atom stereocenters. The normalized spacial score (nSPS) is 16.2. The molecule has 0 radical (unpaired) electrons. The van der Waals surface area contributed by atoms with Crippen molar-refractivity contribution < 1.29 is 14.3 Å². The van der Waals surface area contributed by atoms with Crippen molar-refractivity contribution >= 4 is 11.5 Å². The largest absolute Gasteiger partial charge is 0.480 e. The Bertz CT molecular complexity index is 1290. The molecular formula is C24H24FN5O3. The molecule has 0 bridgehead atoms. The van der Waals surface area contributed by atoms with Crippen LogP contribution < -0.4 is 5.56 Å². The van der Waals surface area contributed by atoms with E-state index in [1.807, 2.05) is 18.2 Å². The minimum Gasteiger partial charge on any atom is -0.480 e. The van der Waals surface area contributed by atoms with Gasteiger partial charge in [-0.25, -0.2) is 4.39 Å². The first kappa shape index (κ1) is 21.2. The van der Waals surface area contributed by atoms with E-state index in [1.165, 1.54) is 6.07 Å². The summed E-state index contributed by atoms with van der Waals surface area (Å²) in [5, 5.41) is 20.3. The highest BCUT2D eigenvalue weighted by Gasteiger charge is 2.27. The Morgan fingerprint density at radius 1 is 1.18 bits per heavy atom. The maximum Gasteiger partial charge on any atom is 0.327 e. The van der Waals surface area contributed by atoms with E-state index in [1.54, 1.807) is 6.07 Å². The number of nitrogens with one attached hydrogen (secondary N) is 1. The van der Waals surface area contributed by atoms with Crippen LogP contribution >= 0.6 is 0 Å². The summed E-state index contributed by atoms with van der Waals surface area (Å²) in [6.45, 7) is -0.365. The third-order valence-electron chi connectivity index (χ3n) is 6.02. The third-order valence-corrected chi connectivity index (χ3v) is 6.02. The molecule has 5 rings (SSSR count). The number of pyridine rings is 1. The summed E-state index contributed by atoms with van der Waals surface area (Å²) >= 11 is 0. The highest BCUT2D eigenvalue weighted by Crippen LogP contribution is 2.39. The lowest BCUT2D eigenvalue weighted by molar-refractivity contribution is -0.138. The van der Waals surface area contributed by atoms with E-state index in [9.17, 15) is 14.0 Å². The van der Waals surface area contributed by atoms with Crippen molar-refractivity contribution in [2.45, 2.75) is 51.0 Å². The summed E-state index contributed by atoms with van der Waals surface area (Å²) in [6, 6.07) is 8.95. The average molecular weight is 449 g/mol. The summed E-state index contributed by atoms with van der Waals surface area (Å²) in [4.78, 5) is 27.3. The summed E-state index contributed by atoms with van der Waals surface area (Å²) in [7, 11) is 0. The van der Waals surface area contributed by atoms with E-state index in [2.05, 4.69) is 26.5 Å². The van der Waals surface area contributed by atoms with E-state index in [4.69, 9.17) is 5.11 Å². The van der Waals surface area contributed by atoms with Crippen molar-refractivity contribution in [1.29, 1.82) is 0 Å². The molecule has 2 N–H and O–H groups in total. The van der Waals surface area contributed by atoms with Gasteiger partial charge in [0.25, 0.3) is 5.56 Å². The molecule has 2 saturated carbocycles. The fourth-order valence-electron chi connectivity index (χ4n) is 3.93. The van der Waals surface area contributed by atoms with E-state index in [-0.39, 0.29) is 17.9 Å². The molecule has 9 heteroatoms. The molecule has 170 valence electrons. The monoisotopic (exact) mass is 449 g/mol. The lowest BCUT2D eigenvalue weighted by Crippen LogP contribution is -2.13. The highest BCUT2D eigenvalue weighted by molar-refractivity contribution is 5.78. The van der Waals surface area contributed by atoms with Gasteiger partial charge >= 0.3 is 5.97 Å². The summed E-state index contributed by atoms with van der Waals surface area (Å²) < 4.78 is 15.0. The molecule has 3 aromatic rings. The Kier molecular flexibility index (Phi) is 5.62. The molecule has 2 heterocycles. The predicted octanol–water partition coefficient (Wildman–Crippen LogP) is 3.09. The molecule has 33 heavy (non-hydrogen) atoms. The molecule has 2 aliphatic carbocycles. The highest BCUT2D eigenvalue weighted by atomic mass is 19.1. The molecule has 0 saturated heterocycles. The van der Waals surface area contributed by atoms with E-state index in [0.717, 1.165) is 47.2 Å². The minimum atomic E-state index is -1.06. The SMILES string of the molecule is O=C(O)Cn1nnc(CCc2ccc(/C(=C\C3CC3)c3ccc(C4CC4)c(=O)[nH]3)cc2F)n1. The van der Waals surface area contributed by atoms with Crippen LogP contribution in [0.4, 0.5) is 4.39 Å².